The van der Waals surface area contributed by atoms with Crippen LogP contribution in [0, 0.1) is 0 Å². The first-order chi connectivity index (χ1) is 8.19. The van der Waals surface area contributed by atoms with Crippen LogP contribution in [0.25, 0.3) is 0 Å². The summed E-state index contributed by atoms with van der Waals surface area (Å²) in [6.07, 6.45) is 7.12. The molecule has 1 fully saturated rings. The second-order valence-electron chi connectivity index (χ2n) is 5.09. The summed E-state index contributed by atoms with van der Waals surface area (Å²) in [4.78, 5) is 2.41. The van der Waals surface area contributed by atoms with Gasteiger partial charge in [0.05, 0.1) is 5.69 Å². The first-order valence-electron chi connectivity index (χ1n) is 6.41. The Bertz CT molecular complexity index is 340. The van der Waals surface area contributed by atoms with Crippen molar-refractivity contribution in [3.05, 3.63) is 11.9 Å². The summed E-state index contributed by atoms with van der Waals surface area (Å²) in [6, 6.07) is 1.41. The molecule has 0 aliphatic heterocycles. The Morgan fingerprint density at radius 1 is 1.41 bits per heavy atom. The molecule has 1 N–H and O–H groups in total. The molecule has 0 radical (unpaired) electrons. The molecule has 1 aliphatic rings. The Labute approximate surface area is 103 Å². The maximum Gasteiger partial charge on any atom is 0.0966 e. The molecule has 5 nitrogen and oxygen atoms in total. The highest BCUT2D eigenvalue weighted by Crippen LogP contribution is 2.22. The first-order valence-corrected chi connectivity index (χ1v) is 6.41. The van der Waals surface area contributed by atoms with Crippen LogP contribution in [0.5, 0.6) is 0 Å². The fraction of sp³-hybridized carbons (Fsp3) is 0.833. The van der Waals surface area contributed by atoms with Gasteiger partial charge in [-0.2, -0.15) is 0 Å². The molecule has 1 aliphatic carbocycles. The summed E-state index contributed by atoms with van der Waals surface area (Å²) in [5, 5.41) is 11.5. The van der Waals surface area contributed by atoms with E-state index in [9.17, 15) is 0 Å². The van der Waals surface area contributed by atoms with E-state index in [1.807, 2.05) is 13.2 Å². The standard InChI is InChI=1S/C12H23N5/c1-13-10-4-6-12(7-5-10)16(2)8-11-9-17(3)15-14-11/h9-10,12-13H,4-8H2,1-3H3. The van der Waals surface area contributed by atoms with Gasteiger partial charge in [-0.1, -0.05) is 5.21 Å². The molecule has 17 heavy (non-hydrogen) atoms. The van der Waals surface area contributed by atoms with Crippen molar-refractivity contribution < 1.29 is 0 Å². The van der Waals surface area contributed by atoms with Crippen LogP contribution in [0.4, 0.5) is 0 Å². The van der Waals surface area contributed by atoms with E-state index in [1.54, 1.807) is 4.68 Å². The molecule has 0 unspecified atom stereocenters. The third-order valence-electron chi connectivity index (χ3n) is 3.79. The van der Waals surface area contributed by atoms with Crippen molar-refractivity contribution in [1.29, 1.82) is 0 Å². The number of nitrogens with zero attached hydrogens (tertiary/aromatic N) is 4. The van der Waals surface area contributed by atoms with Gasteiger partial charge in [0.2, 0.25) is 0 Å². The zero-order chi connectivity index (χ0) is 12.3. The number of aryl methyl sites for hydroxylation is 1. The highest BCUT2D eigenvalue weighted by atomic mass is 15.4. The van der Waals surface area contributed by atoms with E-state index in [0.717, 1.165) is 18.3 Å². The summed E-state index contributed by atoms with van der Waals surface area (Å²) in [5.74, 6) is 0. The van der Waals surface area contributed by atoms with Crippen LogP contribution in [0.15, 0.2) is 6.20 Å². The molecule has 1 saturated carbocycles. The highest BCUT2D eigenvalue weighted by molar-refractivity contribution is 4.93. The van der Waals surface area contributed by atoms with E-state index in [1.165, 1.54) is 25.7 Å². The van der Waals surface area contributed by atoms with E-state index in [0.29, 0.717) is 6.04 Å². The van der Waals surface area contributed by atoms with Crippen LogP contribution in [-0.2, 0) is 13.6 Å². The molecule has 2 rings (SSSR count). The molecule has 96 valence electrons. The second-order valence-corrected chi connectivity index (χ2v) is 5.09. The van der Waals surface area contributed by atoms with Crippen molar-refractivity contribution >= 4 is 0 Å². The normalized spacial score (nSPS) is 25.4. The summed E-state index contributed by atoms with van der Waals surface area (Å²) in [7, 11) is 6.17. The summed E-state index contributed by atoms with van der Waals surface area (Å²) in [6.45, 7) is 0.905. The molecule has 5 heteroatoms. The van der Waals surface area contributed by atoms with E-state index < -0.39 is 0 Å². The van der Waals surface area contributed by atoms with E-state index >= 15 is 0 Å². The number of rotatable bonds is 4. The van der Waals surface area contributed by atoms with Gasteiger partial charge in [0, 0.05) is 31.9 Å². The molecule has 0 saturated heterocycles. The van der Waals surface area contributed by atoms with Gasteiger partial charge < -0.3 is 5.32 Å². The third-order valence-corrected chi connectivity index (χ3v) is 3.79. The van der Waals surface area contributed by atoms with Crippen LogP contribution in [0.2, 0.25) is 0 Å². The smallest absolute Gasteiger partial charge is 0.0966 e. The molecule has 1 aromatic rings. The fourth-order valence-electron chi connectivity index (χ4n) is 2.66. The minimum atomic E-state index is 0.696. The van der Waals surface area contributed by atoms with Crippen LogP contribution in [0.1, 0.15) is 31.4 Å². The monoisotopic (exact) mass is 237 g/mol. The average molecular weight is 237 g/mol. The summed E-state index contributed by atoms with van der Waals surface area (Å²) >= 11 is 0. The van der Waals surface area contributed by atoms with E-state index in [4.69, 9.17) is 0 Å². The Morgan fingerprint density at radius 2 is 2.12 bits per heavy atom. The Hall–Kier alpha value is -0.940. The van der Waals surface area contributed by atoms with Gasteiger partial charge in [-0.05, 0) is 39.8 Å². The lowest BCUT2D eigenvalue weighted by Gasteiger charge is -2.34. The predicted octanol–water partition coefficient (Wildman–Crippen LogP) is 0.777. The lowest BCUT2D eigenvalue weighted by Crippen LogP contribution is -2.39. The van der Waals surface area contributed by atoms with Gasteiger partial charge >= 0.3 is 0 Å². The summed E-state index contributed by atoms with van der Waals surface area (Å²) < 4.78 is 1.76. The van der Waals surface area contributed by atoms with Crippen molar-refractivity contribution in [2.24, 2.45) is 7.05 Å². The highest BCUT2D eigenvalue weighted by Gasteiger charge is 2.23. The van der Waals surface area contributed by atoms with Gasteiger partial charge in [-0.25, -0.2) is 0 Å². The fourth-order valence-corrected chi connectivity index (χ4v) is 2.66. The van der Waals surface area contributed by atoms with Crippen LogP contribution in [0.3, 0.4) is 0 Å². The molecule has 0 aromatic carbocycles. The number of nitrogens with one attached hydrogen (secondary N) is 1. The summed E-state index contributed by atoms with van der Waals surface area (Å²) in [5.41, 5.74) is 1.06. The van der Waals surface area contributed by atoms with Crippen LogP contribution < -0.4 is 5.32 Å². The quantitative estimate of drug-likeness (QED) is 0.840. The zero-order valence-electron chi connectivity index (χ0n) is 11.1. The SMILES string of the molecule is CNC1CCC(N(C)Cc2cn(C)nn2)CC1. The molecule has 1 aromatic heterocycles. The van der Waals surface area contributed by atoms with Gasteiger partial charge in [0.25, 0.3) is 0 Å². The van der Waals surface area contributed by atoms with E-state index in [2.05, 4.69) is 34.6 Å². The van der Waals surface area contributed by atoms with Crippen molar-refractivity contribution in [1.82, 2.24) is 25.2 Å². The number of hydrogen-bond donors (Lipinski definition) is 1. The second kappa shape index (κ2) is 5.60. The topological polar surface area (TPSA) is 46.0 Å². The Kier molecular flexibility index (Phi) is 4.12. The molecule has 0 atom stereocenters. The maximum absolute atomic E-state index is 4.14. The van der Waals surface area contributed by atoms with Gasteiger partial charge in [-0.15, -0.1) is 5.10 Å². The van der Waals surface area contributed by atoms with E-state index in [-0.39, 0.29) is 0 Å². The first kappa shape index (κ1) is 12.5. The maximum atomic E-state index is 4.14. The van der Waals surface area contributed by atoms with Gasteiger partial charge in [0.15, 0.2) is 0 Å². The lowest BCUT2D eigenvalue weighted by molar-refractivity contribution is 0.168. The Balaban J connectivity index is 1.82. The zero-order valence-corrected chi connectivity index (χ0v) is 11.1. The van der Waals surface area contributed by atoms with Crippen molar-refractivity contribution in [3.63, 3.8) is 0 Å². The van der Waals surface area contributed by atoms with Crippen molar-refractivity contribution in [2.75, 3.05) is 14.1 Å². The molecule has 0 amide bonds. The van der Waals surface area contributed by atoms with Crippen molar-refractivity contribution in [2.45, 2.75) is 44.3 Å². The predicted molar refractivity (Wildman–Crippen MR) is 67.6 cm³/mol. The lowest BCUT2D eigenvalue weighted by atomic mass is 9.90. The largest absolute Gasteiger partial charge is 0.317 e. The molecular weight excluding hydrogens is 214 g/mol. The van der Waals surface area contributed by atoms with Crippen molar-refractivity contribution in [3.8, 4) is 0 Å². The number of aromatic nitrogens is 3. The molecule has 1 heterocycles. The van der Waals surface area contributed by atoms with Crippen LogP contribution >= 0.6 is 0 Å². The Morgan fingerprint density at radius 3 is 2.65 bits per heavy atom. The molecule has 0 spiro atoms. The minimum absolute atomic E-state index is 0.696. The average Bonchev–Trinajstić information content (AvgIpc) is 2.75. The minimum Gasteiger partial charge on any atom is -0.317 e. The number of hydrogen-bond acceptors (Lipinski definition) is 4. The van der Waals surface area contributed by atoms with Crippen LogP contribution in [-0.4, -0.2) is 46.1 Å². The van der Waals surface area contributed by atoms with Gasteiger partial charge in [0.1, 0.15) is 0 Å². The van der Waals surface area contributed by atoms with Gasteiger partial charge in [-0.3, -0.25) is 9.58 Å². The molecular formula is C12H23N5. The molecule has 0 bridgehead atoms. The third kappa shape index (κ3) is 3.26.